The van der Waals surface area contributed by atoms with Crippen LogP contribution in [0.5, 0.6) is 0 Å². The first kappa shape index (κ1) is 14.2. The van der Waals surface area contributed by atoms with Gasteiger partial charge in [-0.25, -0.2) is 0 Å². The van der Waals surface area contributed by atoms with E-state index in [0.29, 0.717) is 0 Å². The van der Waals surface area contributed by atoms with E-state index in [-0.39, 0.29) is 0 Å². The third-order valence-corrected chi connectivity index (χ3v) is 7.94. The van der Waals surface area contributed by atoms with Crippen molar-refractivity contribution in [2.45, 2.75) is 19.3 Å². The summed E-state index contributed by atoms with van der Waals surface area (Å²) in [5, 5.41) is 2.93. The molecule has 3 fully saturated rings. The van der Waals surface area contributed by atoms with Gasteiger partial charge >= 0.3 is 0 Å². The Balaban J connectivity index is 1.49. The van der Waals surface area contributed by atoms with E-state index >= 15 is 0 Å². The van der Waals surface area contributed by atoms with Gasteiger partial charge in [-0.1, -0.05) is 60.7 Å². The van der Waals surface area contributed by atoms with Crippen LogP contribution in [0.25, 0.3) is 0 Å². The summed E-state index contributed by atoms with van der Waals surface area (Å²) in [5.41, 5.74) is 1.55. The highest BCUT2D eigenvalue weighted by atomic mass is 31.1. The van der Waals surface area contributed by atoms with Gasteiger partial charge in [0.05, 0.1) is 0 Å². The molecule has 3 aliphatic carbocycles. The molecule has 0 N–H and O–H groups in total. The molecule has 2 aromatic rings. The predicted molar refractivity (Wildman–Crippen MR) is 98.2 cm³/mol. The molecule has 0 saturated heterocycles. The highest BCUT2D eigenvalue weighted by Gasteiger charge is 2.54. The van der Waals surface area contributed by atoms with E-state index in [1.165, 1.54) is 29.9 Å². The Morgan fingerprint density at radius 3 is 1.61 bits per heavy atom. The summed E-state index contributed by atoms with van der Waals surface area (Å²) in [6.45, 7) is 0. The molecule has 113 valence electrons. The standard InChI is InChI=1S/C22H20P/c1-3-7-18(8-4-1)23(19-9-5-2-6-10-19)20-14-21-16-11-12-17(13-16)22(21)15-20/h1-10,14-17H,11-13H2. The number of hydrogen-bond acceptors (Lipinski definition) is 0. The molecule has 0 heterocycles. The first-order valence-corrected chi connectivity index (χ1v) is 9.95. The van der Waals surface area contributed by atoms with Crippen molar-refractivity contribution in [2.24, 2.45) is 11.8 Å². The van der Waals surface area contributed by atoms with Crippen LogP contribution in [0.3, 0.4) is 0 Å². The normalized spacial score (nSPS) is 27.9. The molecule has 5 radical (unpaired) electrons. The summed E-state index contributed by atoms with van der Waals surface area (Å²) < 4.78 is 0. The molecule has 2 aromatic carbocycles. The van der Waals surface area contributed by atoms with Crippen LogP contribution in [-0.2, 0) is 0 Å². The summed E-state index contributed by atoms with van der Waals surface area (Å²) in [5.74, 6) is 5.06. The van der Waals surface area contributed by atoms with E-state index < -0.39 is 7.92 Å². The van der Waals surface area contributed by atoms with Gasteiger partial charge in [-0.05, 0) is 74.3 Å². The van der Waals surface area contributed by atoms with Crippen molar-refractivity contribution in [1.29, 1.82) is 0 Å². The molecule has 2 atom stereocenters. The lowest BCUT2D eigenvalue weighted by atomic mass is 9.82. The minimum atomic E-state index is -0.424. The zero-order valence-corrected chi connectivity index (χ0v) is 14.0. The molecule has 0 aliphatic heterocycles. The molecule has 3 saturated carbocycles. The van der Waals surface area contributed by atoms with Gasteiger partial charge in [-0.3, -0.25) is 0 Å². The molecular formula is C22H20P. The molecule has 2 unspecified atom stereocenters. The van der Waals surface area contributed by atoms with E-state index in [9.17, 15) is 0 Å². The molecule has 0 spiro atoms. The van der Waals surface area contributed by atoms with Crippen LogP contribution in [0, 0.1) is 42.2 Å². The molecule has 2 bridgehead atoms. The predicted octanol–water partition coefficient (Wildman–Crippen LogP) is 4.65. The molecule has 5 rings (SSSR count). The summed E-state index contributed by atoms with van der Waals surface area (Å²) in [6, 6.07) is 22.1. The minimum Gasteiger partial charge on any atom is -0.0622 e. The maximum atomic E-state index is 2.55. The third kappa shape index (κ3) is 2.38. The second-order valence-corrected chi connectivity index (χ2v) is 9.06. The van der Waals surface area contributed by atoms with Crippen molar-refractivity contribution in [2.75, 3.05) is 0 Å². The number of fused-ring (bicyclic) bond motifs is 5. The van der Waals surface area contributed by atoms with Crippen molar-refractivity contribution >= 4 is 18.5 Å². The van der Waals surface area contributed by atoms with Crippen LogP contribution < -0.4 is 10.6 Å². The molecular weight excluding hydrogens is 295 g/mol. The average Bonchev–Trinajstić information content (AvgIpc) is 3.30. The third-order valence-electron chi connectivity index (χ3n) is 5.54. The zero-order chi connectivity index (χ0) is 15.2. The zero-order valence-electron chi connectivity index (χ0n) is 13.2. The highest BCUT2D eigenvalue weighted by Crippen LogP contribution is 2.67. The van der Waals surface area contributed by atoms with Crippen LogP contribution in [0.15, 0.2) is 60.7 Å². The van der Waals surface area contributed by atoms with Crippen LogP contribution >= 0.6 is 7.92 Å². The van der Waals surface area contributed by atoms with E-state index in [0.717, 1.165) is 11.8 Å². The van der Waals surface area contributed by atoms with Gasteiger partial charge in [0.25, 0.3) is 0 Å². The van der Waals surface area contributed by atoms with Gasteiger partial charge < -0.3 is 0 Å². The van der Waals surface area contributed by atoms with Crippen LogP contribution in [0.4, 0.5) is 0 Å². The molecule has 3 aliphatic rings. The van der Waals surface area contributed by atoms with Crippen LogP contribution in [0.1, 0.15) is 19.3 Å². The van der Waals surface area contributed by atoms with Gasteiger partial charge in [-0.15, -0.1) is 0 Å². The van der Waals surface area contributed by atoms with E-state index in [1.54, 1.807) is 17.5 Å². The monoisotopic (exact) mass is 315 g/mol. The van der Waals surface area contributed by atoms with Gasteiger partial charge in [-0.2, -0.15) is 0 Å². The molecule has 0 nitrogen and oxygen atoms in total. The van der Waals surface area contributed by atoms with Gasteiger partial charge in [0.2, 0.25) is 0 Å². The van der Waals surface area contributed by atoms with E-state index in [2.05, 4.69) is 73.5 Å². The lowest BCUT2D eigenvalue weighted by Gasteiger charge is -2.25. The first-order chi connectivity index (χ1) is 11.4. The Bertz CT molecular complexity index is 607. The summed E-state index contributed by atoms with van der Waals surface area (Å²) in [4.78, 5) is 0. The summed E-state index contributed by atoms with van der Waals surface area (Å²) >= 11 is 0. The number of benzene rings is 2. The quantitative estimate of drug-likeness (QED) is 0.723. The fraction of sp³-hybridized carbons (Fsp3) is 0.227. The van der Waals surface area contributed by atoms with Crippen molar-refractivity contribution in [3.8, 4) is 0 Å². The highest BCUT2D eigenvalue weighted by molar-refractivity contribution is 7.76. The Labute approximate surface area is 141 Å². The smallest absolute Gasteiger partial charge is 0.0168 e. The SMILES string of the molecule is [CH]1[C]2[C]([CH][C]1P(c1ccccc1)c1ccccc1)C1CCC2C1. The Hall–Kier alpha value is -1.13. The number of rotatable bonds is 3. The average molecular weight is 315 g/mol. The Morgan fingerprint density at radius 2 is 1.13 bits per heavy atom. The Kier molecular flexibility index (Phi) is 3.56. The molecule has 1 heteroatoms. The largest absolute Gasteiger partial charge is 0.0622 e. The fourth-order valence-electron chi connectivity index (χ4n) is 4.51. The van der Waals surface area contributed by atoms with Crippen molar-refractivity contribution < 1.29 is 0 Å². The van der Waals surface area contributed by atoms with E-state index in [4.69, 9.17) is 0 Å². The lowest BCUT2D eigenvalue weighted by Crippen LogP contribution is -2.16. The molecule has 0 amide bonds. The second kappa shape index (κ2) is 5.75. The van der Waals surface area contributed by atoms with Crippen molar-refractivity contribution in [3.63, 3.8) is 0 Å². The lowest BCUT2D eigenvalue weighted by molar-refractivity contribution is 0.579. The topological polar surface area (TPSA) is 0 Å². The van der Waals surface area contributed by atoms with E-state index in [1.807, 2.05) is 0 Å². The van der Waals surface area contributed by atoms with Crippen molar-refractivity contribution in [1.82, 2.24) is 0 Å². The minimum absolute atomic E-state index is 0.424. The van der Waals surface area contributed by atoms with Crippen LogP contribution in [-0.4, -0.2) is 0 Å². The number of hydrogen-bond donors (Lipinski definition) is 0. The summed E-state index contributed by atoms with van der Waals surface area (Å²) in [7, 11) is -0.424. The van der Waals surface area contributed by atoms with Gasteiger partial charge in [0, 0.05) is 5.66 Å². The fourth-order valence-corrected chi connectivity index (χ4v) is 6.88. The summed E-state index contributed by atoms with van der Waals surface area (Å²) in [6.07, 6.45) is 9.33. The maximum absolute atomic E-state index is 2.55. The van der Waals surface area contributed by atoms with Gasteiger partial charge in [0.15, 0.2) is 0 Å². The molecule has 0 aromatic heterocycles. The maximum Gasteiger partial charge on any atom is 0.0168 e. The Morgan fingerprint density at radius 1 is 0.652 bits per heavy atom. The van der Waals surface area contributed by atoms with Crippen LogP contribution in [0.2, 0.25) is 0 Å². The van der Waals surface area contributed by atoms with Crippen molar-refractivity contribution in [3.05, 3.63) is 91.0 Å². The van der Waals surface area contributed by atoms with Gasteiger partial charge in [0.1, 0.15) is 0 Å². The molecule has 23 heavy (non-hydrogen) atoms. The first-order valence-electron chi connectivity index (χ1n) is 8.61. The second-order valence-electron chi connectivity index (χ2n) is 6.84.